The molecule has 1 atom stereocenters. The third-order valence-electron chi connectivity index (χ3n) is 5.36. The second-order valence-electron chi connectivity index (χ2n) is 8.10. The molecule has 184 valence electrons. The molecule has 0 fully saturated rings. The number of aliphatic carboxylic acids is 1. The summed E-state index contributed by atoms with van der Waals surface area (Å²) in [6, 6.07) is 9.93. The molecule has 7 nitrogen and oxygen atoms in total. The second kappa shape index (κ2) is 13.7. The number of unbranched alkanes of at least 4 members (excludes halogenated alkanes) is 4. The van der Waals surface area contributed by atoms with Crippen LogP contribution in [-0.2, 0) is 11.2 Å². The lowest BCUT2D eigenvalue weighted by molar-refractivity contribution is -0.136. The molecule has 0 saturated heterocycles. The zero-order valence-corrected chi connectivity index (χ0v) is 22.1. The van der Waals surface area contributed by atoms with Gasteiger partial charge in [-0.15, -0.1) is 11.3 Å². The molecule has 0 bridgehead atoms. The van der Waals surface area contributed by atoms with E-state index in [1.54, 1.807) is 11.0 Å². The van der Waals surface area contributed by atoms with Crippen molar-refractivity contribution >= 4 is 45.0 Å². The van der Waals surface area contributed by atoms with Crippen molar-refractivity contribution in [2.24, 2.45) is 0 Å². The molecule has 2 N–H and O–H groups in total. The maximum absolute atomic E-state index is 13.3. The predicted octanol–water partition coefficient (Wildman–Crippen LogP) is 6.21. The molecule has 2 aromatic heterocycles. The lowest BCUT2D eigenvalue weighted by Gasteiger charge is -2.23. The van der Waals surface area contributed by atoms with Gasteiger partial charge in [0.05, 0.1) is 11.9 Å². The summed E-state index contributed by atoms with van der Waals surface area (Å²) in [6.07, 6.45) is 8.39. The molecule has 0 aliphatic carbocycles. The lowest BCUT2D eigenvalue weighted by Crippen LogP contribution is -2.34. The highest BCUT2D eigenvalue weighted by Gasteiger charge is 2.20. The van der Waals surface area contributed by atoms with Gasteiger partial charge < -0.3 is 10.0 Å². The predicted molar refractivity (Wildman–Crippen MR) is 142 cm³/mol. The quantitative estimate of drug-likeness (QED) is 0.183. The fourth-order valence-corrected chi connectivity index (χ4v) is 5.90. The van der Waals surface area contributed by atoms with Crippen LogP contribution in [0.15, 0.2) is 41.9 Å². The molecule has 10 heteroatoms. The van der Waals surface area contributed by atoms with Crippen LogP contribution in [0.5, 0.6) is 0 Å². The summed E-state index contributed by atoms with van der Waals surface area (Å²) in [5.74, 6) is -0.848. The lowest BCUT2D eigenvalue weighted by atomic mass is 10.1. The number of carboxylic acid groups (broad SMARTS) is 1. The molecular formula is C24H32N4O3S3. The van der Waals surface area contributed by atoms with E-state index in [4.69, 9.17) is 5.11 Å². The maximum Gasteiger partial charge on any atom is 0.317 e. The molecule has 0 spiro atoms. The molecule has 0 radical (unpaired) electrons. The molecule has 1 unspecified atom stereocenters. The van der Waals surface area contributed by atoms with Crippen LogP contribution in [0.3, 0.4) is 0 Å². The number of amides is 1. The van der Waals surface area contributed by atoms with Crippen LogP contribution < -0.4 is 0 Å². The van der Waals surface area contributed by atoms with Gasteiger partial charge in [-0.25, -0.2) is 9.07 Å². The molecule has 0 aliphatic heterocycles. The smallest absolute Gasteiger partial charge is 0.317 e. The topological polar surface area (TPSA) is 91.2 Å². The van der Waals surface area contributed by atoms with Gasteiger partial charge in [-0.1, -0.05) is 73.7 Å². The van der Waals surface area contributed by atoms with Crippen molar-refractivity contribution in [2.75, 3.05) is 13.1 Å². The maximum atomic E-state index is 13.3. The summed E-state index contributed by atoms with van der Waals surface area (Å²) in [6.45, 7) is 5.19. The number of hydrogen-bond donors (Lipinski definition) is 2. The largest absolute Gasteiger partial charge is 0.480 e. The molecule has 2 heterocycles. The Hall–Kier alpha value is -2.17. The Morgan fingerprint density at radius 1 is 1.18 bits per heavy atom. The minimum Gasteiger partial charge on any atom is -0.480 e. The Kier molecular flexibility index (Phi) is 10.6. The summed E-state index contributed by atoms with van der Waals surface area (Å²) in [5, 5.41) is 14.4. The Bertz CT molecular complexity index is 1020. The van der Waals surface area contributed by atoms with Gasteiger partial charge in [-0.05, 0) is 13.3 Å². The third kappa shape index (κ3) is 7.95. The standard InChI is InChI=1S/C24H32N4O3S3/c1-3-4-5-6-10-14-27(15-13-20-16-28(26-20)34-33-18(2)24(30)31)23(29)21-17-32-22(25-21)19-11-8-7-9-12-19/h7-9,11-12,16-18,26H,3-6,10,13-15H2,1-2H3,(H,30,31). The SMILES string of the molecule is CCCCCCCN(CCc1cn(SSC(C)C(=O)O)[nH]1)C(=O)c1csc(-c2ccccc2)n1. The van der Waals surface area contributed by atoms with Crippen molar-refractivity contribution in [3.05, 3.63) is 53.3 Å². The van der Waals surface area contributed by atoms with Gasteiger partial charge in [0.2, 0.25) is 0 Å². The van der Waals surface area contributed by atoms with E-state index in [9.17, 15) is 9.59 Å². The van der Waals surface area contributed by atoms with E-state index in [0.29, 0.717) is 18.7 Å². The monoisotopic (exact) mass is 520 g/mol. The number of hydrogen-bond acceptors (Lipinski definition) is 6. The van der Waals surface area contributed by atoms with Gasteiger partial charge in [0.15, 0.2) is 0 Å². The van der Waals surface area contributed by atoms with Crippen molar-refractivity contribution < 1.29 is 14.7 Å². The van der Waals surface area contributed by atoms with Gasteiger partial charge in [-0.3, -0.25) is 14.7 Å². The van der Waals surface area contributed by atoms with Crippen LogP contribution in [-0.4, -0.2) is 54.4 Å². The Morgan fingerprint density at radius 3 is 2.62 bits per heavy atom. The molecule has 3 rings (SSSR count). The zero-order valence-electron chi connectivity index (χ0n) is 19.6. The molecule has 0 aliphatic rings. The van der Waals surface area contributed by atoms with E-state index >= 15 is 0 Å². The van der Waals surface area contributed by atoms with Gasteiger partial charge in [0, 0.05) is 41.4 Å². The van der Waals surface area contributed by atoms with Gasteiger partial charge in [0.1, 0.15) is 16.0 Å². The van der Waals surface area contributed by atoms with Gasteiger partial charge >= 0.3 is 5.97 Å². The molecular weight excluding hydrogens is 488 g/mol. The molecule has 34 heavy (non-hydrogen) atoms. The van der Waals surface area contributed by atoms with Gasteiger partial charge in [0.25, 0.3) is 5.91 Å². The minimum absolute atomic E-state index is 0.0223. The average molecular weight is 521 g/mol. The number of thiazole rings is 1. The Balaban J connectivity index is 1.57. The van der Waals surface area contributed by atoms with Crippen molar-refractivity contribution in [2.45, 2.75) is 57.6 Å². The summed E-state index contributed by atoms with van der Waals surface area (Å²) >= 11 is 1.50. The van der Waals surface area contributed by atoms with E-state index in [2.05, 4.69) is 17.0 Å². The number of nitrogens with one attached hydrogen (secondary N) is 1. The first-order valence-electron chi connectivity index (χ1n) is 11.6. The number of carbonyl (C=O) groups is 2. The first-order chi connectivity index (χ1) is 16.5. The number of H-pyrrole nitrogens is 1. The molecule has 3 aromatic rings. The first kappa shape index (κ1) is 26.4. The summed E-state index contributed by atoms with van der Waals surface area (Å²) in [7, 11) is 2.63. The van der Waals surface area contributed by atoms with E-state index in [0.717, 1.165) is 35.7 Å². The van der Waals surface area contributed by atoms with Gasteiger partial charge in [-0.2, -0.15) is 0 Å². The number of rotatable bonds is 15. The van der Waals surface area contributed by atoms with Crippen molar-refractivity contribution in [1.29, 1.82) is 0 Å². The highest BCUT2D eigenvalue weighted by Crippen LogP contribution is 2.29. The second-order valence-corrected chi connectivity index (χ2v) is 11.4. The number of carboxylic acids is 1. The van der Waals surface area contributed by atoms with Crippen LogP contribution in [0.1, 0.15) is 62.1 Å². The van der Waals surface area contributed by atoms with E-state index in [-0.39, 0.29) is 5.91 Å². The van der Waals surface area contributed by atoms with Crippen LogP contribution in [0, 0.1) is 0 Å². The highest BCUT2D eigenvalue weighted by molar-refractivity contribution is 8.76. The fourth-order valence-electron chi connectivity index (χ4n) is 3.31. The van der Waals surface area contributed by atoms with Crippen molar-refractivity contribution in [1.82, 2.24) is 19.1 Å². The van der Waals surface area contributed by atoms with E-state index in [1.807, 2.05) is 46.8 Å². The highest BCUT2D eigenvalue weighted by atomic mass is 33.1. The van der Waals surface area contributed by atoms with E-state index in [1.165, 1.54) is 52.4 Å². The Morgan fingerprint density at radius 2 is 1.91 bits per heavy atom. The summed E-state index contributed by atoms with van der Waals surface area (Å²) in [5.41, 5.74) is 2.56. The molecule has 1 amide bonds. The van der Waals surface area contributed by atoms with Crippen LogP contribution >= 0.6 is 33.1 Å². The first-order valence-corrected chi connectivity index (χ1v) is 14.7. The molecule has 1 aromatic carbocycles. The van der Waals surface area contributed by atoms with Crippen molar-refractivity contribution in [3.8, 4) is 10.6 Å². The number of aromatic nitrogens is 3. The fraction of sp³-hybridized carbons (Fsp3) is 0.458. The van der Waals surface area contributed by atoms with Crippen LogP contribution in [0.2, 0.25) is 0 Å². The Labute approximate surface area is 212 Å². The summed E-state index contributed by atoms with van der Waals surface area (Å²) < 4.78 is 1.79. The number of carbonyl (C=O) groups excluding carboxylic acids is 1. The van der Waals surface area contributed by atoms with Crippen LogP contribution in [0.25, 0.3) is 10.6 Å². The number of benzene rings is 1. The van der Waals surface area contributed by atoms with Crippen LogP contribution in [0.4, 0.5) is 0 Å². The zero-order chi connectivity index (χ0) is 24.3. The molecule has 0 saturated carbocycles. The third-order valence-corrected chi connectivity index (χ3v) is 8.79. The summed E-state index contributed by atoms with van der Waals surface area (Å²) in [4.78, 5) is 30.8. The average Bonchev–Trinajstić information content (AvgIpc) is 3.31. The number of nitrogens with zero attached hydrogens (tertiary/aromatic N) is 3. The normalized spacial score (nSPS) is 12.1. The number of aromatic amines is 1. The van der Waals surface area contributed by atoms with Crippen molar-refractivity contribution in [3.63, 3.8) is 0 Å². The van der Waals surface area contributed by atoms with E-state index < -0.39 is 11.2 Å². The minimum atomic E-state index is -0.826.